The third kappa shape index (κ3) is 3.76. The maximum Gasteiger partial charge on any atom is 0.241 e. The Labute approximate surface area is 131 Å². The Morgan fingerprint density at radius 2 is 1.86 bits per heavy atom. The second-order valence-electron chi connectivity index (χ2n) is 4.93. The monoisotopic (exact) mass is 323 g/mol. The Bertz CT molecular complexity index is 728. The van der Waals surface area contributed by atoms with Gasteiger partial charge < -0.3 is 9.84 Å². The van der Waals surface area contributed by atoms with Gasteiger partial charge in [0, 0.05) is 23.9 Å². The Balaban J connectivity index is 2.43. The zero-order chi connectivity index (χ0) is 16.0. The van der Waals surface area contributed by atoms with Gasteiger partial charge in [0.25, 0.3) is 0 Å². The molecule has 0 radical (unpaired) electrons. The number of hydrogen-bond donors (Lipinski definition) is 2. The first-order chi connectivity index (χ1) is 10.6. The molecule has 0 aliphatic rings. The second-order valence-corrected chi connectivity index (χ2v) is 6.67. The molecule has 0 saturated carbocycles. The number of benzene rings is 2. The number of aliphatic hydroxyl groups is 1. The molecule has 6 heteroatoms. The molecule has 22 heavy (non-hydrogen) atoms. The molecule has 0 aliphatic carbocycles. The molecule has 120 valence electrons. The minimum absolute atomic E-state index is 0.0485. The summed E-state index contributed by atoms with van der Waals surface area (Å²) in [6.07, 6.45) is 1.27. The van der Waals surface area contributed by atoms with Crippen LogP contribution < -0.4 is 9.46 Å². The van der Waals surface area contributed by atoms with Crippen molar-refractivity contribution in [1.29, 1.82) is 0 Å². The van der Waals surface area contributed by atoms with Crippen molar-refractivity contribution in [3.8, 4) is 5.75 Å². The smallest absolute Gasteiger partial charge is 0.241 e. The average Bonchev–Trinajstić information content (AvgIpc) is 2.52. The third-order valence-electron chi connectivity index (χ3n) is 3.22. The van der Waals surface area contributed by atoms with Gasteiger partial charge in [0.05, 0.1) is 11.5 Å². The fraction of sp³-hybridized carbons (Fsp3) is 0.375. The molecule has 5 nitrogen and oxygen atoms in total. The van der Waals surface area contributed by atoms with Crippen LogP contribution in [0.4, 0.5) is 0 Å². The summed E-state index contributed by atoms with van der Waals surface area (Å²) in [5.74, 6) is 0.687. The summed E-state index contributed by atoms with van der Waals surface area (Å²) in [5.41, 5.74) is 0. The lowest BCUT2D eigenvalue weighted by molar-refractivity contribution is 0.289. The molecule has 0 heterocycles. The number of ether oxygens (including phenoxy) is 1. The summed E-state index contributed by atoms with van der Waals surface area (Å²) in [5, 5.41) is 10.2. The van der Waals surface area contributed by atoms with Gasteiger partial charge in [-0.25, -0.2) is 13.1 Å². The zero-order valence-electron chi connectivity index (χ0n) is 12.6. The lowest BCUT2D eigenvalue weighted by atomic mass is 10.1. The Kier molecular flexibility index (Phi) is 5.76. The third-order valence-corrected chi connectivity index (χ3v) is 4.74. The van der Waals surface area contributed by atoms with E-state index >= 15 is 0 Å². The van der Waals surface area contributed by atoms with Gasteiger partial charge in [0.15, 0.2) is 0 Å². The number of fused-ring (bicyclic) bond motifs is 1. The lowest BCUT2D eigenvalue weighted by Crippen LogP contribution is -2.25. The fourth-order valence-corrected chi connectivity index (χ4v) is 3.46. The molecule has 2 N–H and O–H groups in total. The average molecular weight is 323 g/mol. The fourth-order valence-electron chi connectivity index (χ4n) is 2.18. The summed E-state index contributed by atoms with van der Waals surface area (Å²) in [6, 6.07) is 10.5. The number of nitrogens with one attached hydrogen (secondary N) is 1. The van der Waals surface area contributed by atoms with Gasteiger partial charge in [0.1, 0.15) is 5.75 Å². The molecule has 0 spiro atoms. The minimum Gasteiger partial charge on any atom is -0.493 e. The number of aliphatic hydroxyl groups excluding tert-OH is 1. The summed E-state index contributed by atoms with van der Waals surface area (Å²) in [4.78, 5) is 0.227. The van der Waals surface area contributed by atoms with E-state index < -0.39 is 10.0 Å². The van der Waals surface area contributed by atoms with Gasteiger partial charge in [-0.3, -0.25) is 0 Å². The van der Waals surface area contributed by atoms with Crippen LogP contribution in [0, 0.1) is 0 Å². The van der Waals surface area contributed by atoms with Gasteiger partial charge in [0.2, 0.25) is 10.0 Å². The highest BCUT2D eigenvalue weighted by atomic mass is 32.2. The van der Waals surface area contributed by atoms with Crippen molar-refractivity contribution in [3.63, 3.8) is 0 Å². The van der Waals surface area contributed by atoms with Crippen molar-refractivity contribution in [2.24, 2.45) is 0 Å². The summed E-state index contributed by atoms with van der Waals surface area (Å²) in [6.45, 7) is 2.77. The predicted octanol–water partition coefficient (Wildman–Crippen LogP) is 2.29. The van der Waals surface area contributed by atoms with Crippen molar-refractivity contribution in [2.75, 3.05) is 19.8 Å². The second kappa shape index (κ2) is 7.58. The van der Waals surface area contributed by atoms with E-state index in [0.29, 0.717) is 24.2 Å². The molecule has 0 aliphatic heterocycles. The molecule has 0 saturated heterocycles. The SMILES string of the molecule is CCCOc1ccc(S(=O)(=O)NCCCO)c2ccccc12. The van der Waals surface area contributed by atoms with E-state index in [0.717, 1.165) is 11.8 Å². The summed E-state index contributed by atoms with van der Waals surface area (Å²) < 4.78 is 33.0. The molecule has 0 amide bonds. The van der Waals surface area contributed by atoms with Crippen LogP contribution in [0.15, 0.2) is 41.3 Å². The van der Waals surface area contributed by atoms with Gasteiger partial charge >= 0.3 is 0 Å². The molecular formula is C16H21NO4S. The molecule has 2 aromatic carbocycles. The van der Waals surface area contributed by atoms with E-state index in [1.165, 1.54) is 0 Å². The molecule has 0 unspecified atom stereocenters. The summed E-state index contributed by atoms with van der Waals surface area (Å²) >= 11 is 0. The quantitative estimate of drug-likeness (QED) is 0.731. The van der Waals surface area contributed by atoms with Crippen LogP contribution in [-0.2, 0) is 10.0 Å². The lowest BCUT2D eigenvalue weighted by Gasteiger charge is -2.13. The summed E-state index contributed by atoms with van der Waals surface area (Å²) in [7, 11) is -3.61. The van der Waals surface area contributed by atoms with Crippen LogP contribution >= 0.6 is 0 Å². The molecule has 0 fully saturated rings. The topological polar surface area (TPSA) is 75.6 Å². The van der Waals surface area contributed by atoms with Crippen LogP contribution in [-0.4, -0.2) is 33.3 Å². The van der Waals surface area contributed by atoms with Gasteiger partial charge in [-0.05, 0) is 25.0 Å². The molecule has 2 aromatic rings. The number of rotatable bonds is 8. The maximum absolute atomic E-state index is 12.4. The Morgan fingerprint density at radius 3 is 2.55 bits per heavy atom. The highest BCUT2D eigenvalue weighted by Crippen LogP contribution is 2.31. The molecule has 0 bridgehead atoms. The van der Waals surface area contributed by atoms with E-state index in [-0.39, 0.29) is 18.0 Å². The largest absolute Gasteiger partial charge is 0.493 e. The van der Waals surface area contributed by atoms with Crippen molar-refractivity contribution in [2.45, 2.75) is 24.7 Å². The van der Waals surface area contributed by atoms with E-state index in [9.17, 15) is 8.42 Å². The van der Waals surface area contributed by atoms with Crippen molar-refractivity contribution in [1.82, 2.24) is 4.72 Å². The predicted molar refractivity (Wildman–Crippen MR) is 86.6 cm³/mol. The number of hydrogen-bond acceptors (Lipinski definition) is 4. The van der Waals surface area contributed by atoms with Crippen LogP contribution in [0.1, 0.15) is 19.8 Å². The van der Waals surface area contributed by atoms with Crippen molar-refractivity contribution in [3.05, 3.63) is 36.4 Å². The zero-order valence-corrected chi connectivity index (χ0v) is 13.4. The van der Waals surface area contributed by atoms with E-state index in [4.69, 9.17) is 9.84 Å². The van der Waals surface area contributed by atoms with E-state index in [2.05, 4.69) is 4.72 Å². The highest BCUT2D eigenvalue weighted by molar-refractivity contribution is 7.89. The van der Waals surface area contributed by atoms with E-state index in [1.807, 2.05) is 19.1 Å². The van der Waals surface area contributed by atoms with Crippen molar-refractivity contribution < 1.29 is 18.3 Å². The first-order valence-corrected chi connectivity index (χ1v) is 8.83. The minimum atomic E-state index is -3.61. The Morgan fingerprint density at radius 1 is 1.14 bits per heavy atom. The molecule has 0 aromatic heterocycles. The van der Waals surface area contributed by atoms with Crippen LogP contribution in [0.5, 0.6) is 5.75 Å². The Hall–Kier alpha value is -1.63. The van der Waals surface area contributed by atoms with Crippen LogP contribution in [0.25, 0.3) is 10.8 Å². The molecule has 0 atom stereocenters. The standard InChI is InChI=1S/C16H21NO4S/c1-2-12-21-15-8-9-16(14-7-4-3-6-13(14)15)22(19,20)17-10-5-11-18/h3-4,6-9,17-18H,2,5,10-12H2,1H3. The van der Waals surface area contributed by atoms with Crippen LogP contribution in [0.3, 0.4) is 0 Å². The maximum atomic E-state index is 12.4. The van der Waals surface area contributed by atoms with Gasteiger partial charge in [-0.2, -0.15) is 0 Å². The first-order valence-electron chi connectivity index (χ1n) is 7.35. The van der Waals surface area contributed by atoms with Gasteiger partial charge in [-0.15, -0.1) is 0 Å². The van der Waals surface area contributed by atoms with Gasteiger partial charge in [-0.1, -0.05) is 31.2 Å². The number of sulfonamides is 1. The first kappa shape index (κ1) is 16.7. The van der Waals surface area contributed by atoms with E-state index in [1.54, 1.807) is 24.3 Å². The molecule has 2 rings (SSSR count). The normalized spacial score (nSPS) is 11.7. The molecular weight excluding hydrogens is 302 g/mol. The highest BCUT2D eigenvalue weighted by Gasteiger charge is 2.18. The van der Waals surface area contributed by atoms with Crippen molar-refractivity contribution >= 4 is 20.8 Å². The van der Waals surface area contributed by atoms with Crippen LogP contribution in [0.2, 0.25) is 0 Å².